The Bertz CT molecular complexity index is 179. The molecule has 2 aliphatic rings. The van der Waals surface area contributed by atoms with Gasteiger partial charge in [-0.25, -0.2) is 0 Å². The van der Waals surface area contributed by atoms with E-state index in [0.29, 0.717) is 6.17 Å². The first-order chi connectivity index (χ1) is 8.88. The number of hydrogen-bond donors (Lipinski definition) is 0. The first-order valence-electron chi connectivity index (χ1n) is 8.36. The summed E-state index contributed by atoms with van der Waals surface area (Å²) in [7, 11) is 0. The molecule has 2 heterocycles. The monoisotopic (exact) mass is 252 g/mol. The molecule has 0 aromatic heterocycles. The van der Waals surface area contributed by atoms with Crippen molar-refractivity contribution in [2.45, 2.75) is 77.3 Å². The Kier molecular flexibility index (Phi) is 6.50. The van der Waals surface area contributed by atoms with E-state index in [1.807, 2.05) is 0 Å². The van der Waals surface area contributed by atoms with Crippen molar-refractivity contribution < 1.29 is 0 Å². The van der Waals surface area contributed by atoms with Gasteiger partial charge < -0.3 is 0 Å². The van der Waals surface area contributed by atoms with E-state index in [0.717, 1.165) is 0 Å². The van der Waals surface area contributed by atoms with Crippen molar-refractivity contribution in [2.24, 2.45) is 0 Å². The van der Waals surface area contributed by atoms with E-state index in [1.54, 1.807) is 0 Å². The Morgan fingerprint density at radius 2 is 0.778 bits per heavy atom. The Labute approximate surface area is 114 Å². The molecule has 0 aromatic rings. The van der Waals surface area contributed by atoms with Gasteiger partial charge in [-0.2, -0.15) is 0 Å². The minimum absolute atomic E-state index is 0.682. The van der Waals surface area contributed by atoms with Gasteiger partial charge in [0.15, 0.2) is 0 Å². The summed E-state index contributed by atoms with van der Waals surface area (Å²) < 4.78 is 0. The molecule has 0 saturated carbocycles. The smallest absolute Gasteiger partial charge is 0.0593 e. The highest BCUT2D eigenvalue weighted by Gasteiger charge is 2.21. The Balaban J connectivity index is 1.83. The molecule has 0 bridgehead atoms. The zero-order valence-corrected chi connectivity index (χ0v) is 12.4. The molecule has 106 valence electrons. The summed E-state index contributed by atoms with van der Waals surface area (Å²) in [5.74, 6) is 0. The molecule has 0 spiro atoms. The topological polar surface area (TPSA) is 6.48 Å². The molecule has 0 radical (unpaired) electrons. The first-order valence-corrected chi connectivity index (χ1v) is 8.36. The van der Waals surface area contributed by atoms with Crippen LogP contribution in [0, 0.1) is 0 Å². The van der Waals surface area contributed by atoms with Gasteiger partial charge in [-0.15, -0.1) is 0 Å². The fourth-order valence-corrected chi connectivity index (χ4v) is 3.52. The van der Waals surface area contributed by atoms with E-state index in [-0.39, 0.29) is 0 Å². The quantitative estimate of drug-likeness (QED) is 0.736. The van der Waals surface area contributed by atoms with Gasteiger partial charge in [0.1, 0.15) is 0 Å². The molecular formula is C16H32N2. The van der Waals surface area contributed by atoms with Gasteiger partial charge in [0.25, 0.3) is 0 Å². The van der Waals surface area contributed by atoms with Crippen LogP contribution >= 0.6 is 0 Å². The van der Waals surface area contributed by atoms with Gasteiger partial charge in [0, 0.05) is 0 Å². The van der Waals surface area contributed by atoms with Crippen molar-refractivity contribution >= 4 is 0 Å². The average Bonchev–Trinajstić information content (AvgIpc) is 2.27. The average molecular weight is 252 g/mol. The third-order valence-corrected chi connectivity index (χ3v) is 4.84. The molecule has 0 atom stereocenters. The summed E-state index contributed by atoms with van der Waals surface area (Å²) in [6.07, 6.45) is 15.1. The first kappa shape index (κ1) is 14.3. The Hall–Kier alpha value is -0.0800. The van der Waals surface area contributed by atoms with E-state index in [4.69, 9.17) is 0 Å². The zero-order chi connectivity index (χ0) is 12.6. The molecule has 0 N–H and O–H groups in total. The van der Waals surface area contributed by atoms with Crippen LogP contribution in [-0.2, 0) is 0 Å². The zero-order valence-electron chi connectivity index (χ0n) is 12.4. The number of hydrogen-bond acceptors (Lipinski definition) is 2. The van der Waals surface area contributed by atoms with Crippen LogP contribution in [0.1, 0.15) is 71.1 Å². The maximum Gasteiger partial charge on any atom is 0.0593 e. The van der Waals surface area contributed by atoms with Crippen LogP contribution in [0.15, 0.2) is 0 Å². The minimum Gasteiger partial charge on any atom is -0.288 e. The van der Waals surface area contributed by atoms with E-state index in [2.05, 4.69) is 16.7 Å². The second-order valence-corrected chi connectivity index (χ2v) is 6.24. The summed E-state index contributed by atoms with van der Waals surface area (Å²) in [6.45, 7) is 7.77. The highest BCUT2D eigenvalue weighted by atomic mass is 15.3. The van der Waals surface area contributed by atoms with Crippen LogP contribution in [0.3, 0.4) is 0 Å². The minimum atomic E-state index is 0.682. The van der Waals surface area contributed by atoms with Crippen LogP contribution in [0.5, 0.6) is 0 Å². The molecule has 0 aromatic carbocycles. The molecule has 2 saturated heterocycles. The maximum absolute atomic E-state index is 2.75. The van der Waals surface area contributed by atoms with E-state index < -0.39 is 0 Å². The molecule has 2 aliphatic heterocycles. The number of nitrogens with zero attached hydrogens (tertiary/aromatic N) is 2. The van der Waals surface area contributed by atoms with Gasteiger partial charge in [-0.3, -0.25) is 9.80 Å². The molecule has 0 amide bonds. The fourth-order valence-electron chi connectivity index (χ4n) is 3.52. The van der Waals surface area contributed by atoms with Crippen molar-refractivity contribution in [1.29, 1.82) is 0 Å². The lowest BCUT2D eigenvalue weighted by Gasteiger charge is -2.39. The Morgan fingerprint density at radius 1 is 0.500 bits per heavy atom. The van der Waals surface area contributed by atoms with Crippen LogP contribution in [-0.4, -0.2) is 42.1 Å². The third-order valence-electron chi connectivity index (χ3n) is 4.84. The summed E-state index contributed by atoms with van der Waals surface area (Å²) in [5, 5.41) is 0. The summed E-state index contributed by atoms with van der Waals surface area (Å²) in [4.78, 5) is 5.50. The fraction of sp³-hybridized carbons (Fsp3) is 1.00. The number of likely N-dealkylation sites (tertiary alicyclic amines) is 2. The molecule has 0 aliphatic carbocycles. The molecule has 2 rings (SSSR count). The SMILES string of the molecule is CC(N1CCCCCCC1)N1CCCCCCC1. The van der Waals surface area contributed by atoms with Crippen molar-refractivity contribution in [3.63, 3.8) is 0 Å². The lowest BCUT2D eigenvalue weighted by molar-refractivity contribution is 0.0432. The maximum atomic E-state index is 2.75. The molecule has 2 nitrogen and oxygen atoms in total. The van der Waals surface area contributed by atoms with Gasteiger partial charge >= 0.3 is 0 Å². The van der Waals surface area contributed by atoms with E-state index in [9.17, 15) is 0 Å². The predicted molar refractivity (Wildman–Crippen MR) is 78.8 cm³/mol. The van der Waals surface area contributed by atoms with Gasteiger partial charge in [-0.1, -0.05) is 38.5 Å². The van der Waals surface area contributed by atoms with Gasteiger partial charge in [-0.05, 0) is 58.8 Å². The normalized spacial score (nSPS) is 26.3. The second-order valence-electron chi connectivity index (χ2n) is 6.24. The largest absolute Gasteiger partial charge is 0.288 e. The van der Waals surface area contributed by atoms with Gasteiger partial charge in [0.2, 0.25) is 0 Å². The van der Waals surface area contributed by atoms with Crippen molar-refractivity contribution in [3.05, 3.63) is 0 Å². The van der Waals surface area contributed by atoms with Crippen LogP contribution in [0.25, 0.3) is 0 Å². The standard InChI is InChI=1S/C16H32N2/c1-16(17-12-8-4-2-5-9-13-17)18-14-10-6-3-7-11-15-18/h16H,2-15H2,1H3. The highest BCUT2D eigenvalue weighted by molar-refractivity contribution is 4.73. The van der Waals surface area contributed by atoms with E-state index >= 15 is 0 Å². The highest BCUT2D eigenvalue weighted by Crippen LogP contribution is 2.18. The van der Waals surface area contributed by atoms with Crippen LogP contribution in [0.4, 0.5) is 0 Å². The van der Waals surface area contributed by atoms with Crippen LogP contribution < -0.4 is 0 Å². The molecule has 2 heteroatoms. The number of rotatable bonds is 2. The predicted octanol–water partition coefficient (Wildman–Crippen LogP) is 3.86. The lowest BCUT2D eigenvalue weighted by Crippen LogP contribution is -2.48. The molecule has 18 heavy (non-hydrogen) atoms. The van der Waals surface area contributed by atoms with Crippen molar-refractivity contribution in [1.82, 2.24) is 9.80 Å². The Morgan fingerprint density at radius 3 is 1.11 bits per heavy atom. The molecule has 0 unspecified atom stereocenters. The van der Waals surface area contributed by atoms with Gasteiger partial charge in [0.05, 0.1) is 6.17 Å². The van der Waals surface area contributed by atoms with Crippen LogP contribution in [0.2, 0.25) is 0 Å². The lowest BCUT2D eigenvalue weighted by atomic mass is 10.1. The molecule has 2 fully saturated rings. The third kappa shape index (κ3) is 4.55. The van der Waals surface area contributed by atoms with Crippen molar-refractivity contribution in [2.75, 3.05) is 26.2 Å². The van der Waals surface area contributed by atoms with E-state index in [1.165, 1.54) is 90.4 Å². The summed E-state index contributed by atoms with van der Waals surface area (Å²) >= 11 is 0. The van der Waals surface area contributed by atoms with Crippen molar-refractivity contribution in [3.8, 4) is 0 Å². The second kappa shape index (κ2) is 8.16. The summed E-state index contributed by atoms with van der Waals surface area (Å²) in [5.41, 5.74) is 0. The molecular weight excluding hydrogens is 220 g/mol. The summed E-state index contributed by atoms with van der Waals surface area (Å²) in [6, 6.07) is 0.